The third kappa shape index (κ3) is 5.37. The van der Waals surface area contributed by atoms with Crippen LogP contribution in [0.1, 0.15) is 42.1 Å². The number of carbonyl (C=O) groups is 2. The van der Waals surface area contributed by atoms with Crippen LogP contribution in [0.2, 0.25) is 0 Å². The maximum Gasteiger partial charge on any atom is 0.253 e. The highest BCUT2D eigenvalue weighted by Crippen LogP contribution is 2.39. The number of carbonyl (C=O) groups excluding carboxylic acids is 2. The highest BCUT2D eigenvalue weighted by molar-refractivity contribution is 5.95. The lowest BCUT2D eigenvalue weighted by atomic mass is 9.87. The van der Waals surface area contributed by atoms with Crippen molar-refractivity contribution in [2.75, 3.05) is 33.9 Å². The van der Waals surface area contributed by atoms with Crippen molar-refractivity contribution in [2.24, 2.45) is 11.8 Å². The number of methoxy groups -OCH3 is 2. The molecule has 2 atom stereocenters. The smallest absolute Gasteiger partial charge is 0.253 e. The van der Waals surface area contributed by atoms with Crippen LogP contribution in [0.4, 0.5) is 0 Å². The van der Waals surface area contributed by atoms with E-state index in [2.05, 4.69) is 19.2 Å². The van der Waals surface area contributed by atoms with E-state index >= 15 is 0 Å². The quantitative estimate of drug-likeness (QED) is 0.701. The molecule has 166 valence electrons. The number of nitrogens with zero attached hydrogens (tertiary/aromatic N) is 1. The third-order valence-electron chi connectivity index (χ3n) is 5.83. The fraction of sp³-hybridized carbons (Fsp3) is 0.440. The predicted octanol–water partition coefficient (Wildman–Crippen LogP) is 3.72. The summed E-state index contributed by atoms with van der Waals surface area (Å²) in [6.07, 6.45) is 0.918. The molecule has 0 saturated carbocycles. The summed E-state index contributed by atoms with van der Waals surface area (Å²) in [4.78, 5) is 28.0. The standard InChI is InChI=1S/C25H32N2O4/c1-17(2)12-13-26-24(28)22-16-27(25(29)18-8-6-5-7-9-18)15-21(22)20-11-10-19(30-3)14-23(20)31-4/h5-11,14,17,21-22H,12-13,15-16H2,1-4H3,(H,26,28)/t21-,22-/m1/s1. The summed E-state index contributed by atoms with van der Waals surface area (Å²) in [6, 6.07) is 14.8. The predicted molar refractivity (Wildman–Crippen MR) is 121 cm³/mol. The normalized spacial score (nSPS) is 18.2. The number of hydrogen-bond acceptors (Lipinski definition) is 4. The van der Waals surface area contributed by atoms with Crippen molar-refractivity contribution in [1.82, 2.24) is 10.2 Å². The lowest BCUT2D eigenvalue weighted by Crippen LogP contribution is -2.36. The Morgan fingerprint density at radius 2 is 1.81 bits per heavy atom. The Morgan fingerprint density at radius 1 is 1.06 bits per heavy atom. The Kier molecular flexibility index (Phi) is 7.55. The van der Waals surface area contributed by atoms with Crippen molar-refractivity contribution in [3.05, 3.63) is 59.7 Å². The summed E-state index contributed by atoms with van der Waals surface area (Å²) >= 11 is 0. The summed E-state index contributed by atoms with van der Waals surface area (Å²) in [5.41, 5.74) is 1.54. The van der Waals surface area contributed by atoms with E-state index in [1.165, 1.54) is 0 Å². The summed E-state index contributed by atoms with van der Waals surface area (Å²) in [5.74, 6) is 1.28. The minimum atomic E-state index is -0.345. The first kappa shape index (κ1) is 22.7. The molecule has 31 heavy (non-hydrogen) atoms. The second kappa shape index (κ2) is 10.3. The molecule has 2 aromatic rings. The van der Waals surface area contributed by atoms with E-state index in [9.17, 15) is 9.59 Å². The van der Waals surface area contributed by atoms with Crippen LogP contribution in [-0.4, -0.2) is 50.6 Å². The second-order valence-corrected chi connectivity index (χ2v) is 8.37. The van der Waals surface area contributed by atoms with Crippen LogP contribution in [-0.2, 0) is 4.79 Å². The van der Waals surface area contributed by atoms with Crippen LogP contribution >= 0.6 is 0 Å². The molecule has 2 aromatic carbocycles. The van der Waals surface area contributed by atoms with E-state index in [1.54, 1.807) is 31.3 Å². The van der Waals surface area contributed by atoms with Gasteiger partial charge in [0.15, 0.2) is 0 Å². The van der Waals surface area contributed by atoms with Gasteiger partial charge in [0.1, 0.15) is 11.5 Å². The van der Waals surface area contributed by atoms with Gasteiger partial charge in [-0.25, -0.2) is 0 Å². The van der Waals surface area contributed by atoms with E-state index in [0.29, 0.717) is 42.6 Å². The fourth-order valence-corrected chi connectivity index (χ4v) is 4.05. The fourth-order valence-electron chi connectivity index (χ4n) is 4.05. The Bertz CT molecular complexity index is 898. The Labute approximate surface area is 184 Å². The van der Waals surface area contributed by atoms with Gasteiger partial charge in [-0.15, -0.1) is 0 Å². The average molecular weight is 425 g/mol. The molecule has 2 amide bonds. The molecule has 0 aliphatic carbocycles. The number of amides is 2. The molecule has 1 aliphatic rings. The van der Waals surface area contributed by atoms with Crippen LogP contribution in [0.15, 0.2) is 48.5 Å². The van der Waals surface area contributed by atoms with E-state index in [1.807, 2.05) is 36.4 Å². The number of benzene rings is 2. The van der Waals surface area contributed by atoms with Crippen molar-refractivity contribution >= 4 is 11.8 Å². The highest BCUT2D eigenvalue weighted by atomic mass is 16.5. The van der Waals surface area contributed by atoms with Gasteiger partial charge in [0.05, 0.1) is 20.1 Å². The summed E-state index contributed by atoms with van der Waals surface area (Å²) in [7, 11) is 3.22. The molecule has 3 rings (SSSR count). The first-order valence-electron chi connectivity index (χ1n) is 10.8. The molecule has 0 spiro atoms. The van der Waals surface area contributed by atoms with Crippen LogP contribution in [0.5, 0.6) is 11.5 Å². The molecule has 1 N–H and O–H groups in total. The Hall–Kier alpha value is -3.02. The minimum absolute atomic E-state index is 0.0214. The molecule has 6 heteroatoms. The molecule has 1 aliphatic heterocycles. The first-order valence-corrected chi connectivity index (χ1v) is 10.8. The number of likely N-dealkylation sites (tertiary alicyclic amines) is 1. The summed E-state index contributed by atoms with van der Waals surface area (Å²) in [5, 5.41) is 3.07. The zero-order valence-corrected chi connectivity index (χ0v) is 18.8. The molecular formula is C25H32N2O4. The molecule has 0 bridgehead atoms. The van der Waals surface area contributed by atoms with E-state index in [4.69, 9.17) is 9.47 Å². The van der Waals surface area contributed by atoms with Gasteiger partial charge >= 0.3 is 0 Å². The zero-order valence-electron chi connectivity index (χ0n) is 18.8. The molecule has 1 heterocycles. The third-order valence-corrected chi connectivity index (χ3v) is 5.83. The van der Waals surface area contributed by atoms with E-state index in [-0.39, 0.29) is 23.7 Å². The SMILES string of the molecule is COc1ccc([C@H]2CN(C(=O)c3ccccc3)C[C@H]2C(=O)NCCC(C)C)c(OC)c1. The number of hydrogen-bond donors (Lipinski definition) is 1. The van der Waals surface area contributed by atoms with Gasteiger partial charge in [-0.2, -0.15) is 0 Å². The molecule has 0 aromatic heterocycles. The van der Waals surface area contributed by atoms with Gasteiger partial charge in [0, 0.05) is 42.7 Å². The number of ether oxygens (including phenoxy) is 2. The monoisotopic (exact) mass is 424 g/mol. The van der Waals surface area contributed by atoms with E-state index < -0.39 is 0 Å². The van der Waals surface area contributed by atoms with Crippen LogP contribution in [0.25, 0.3) is 0 Å². The molecule has 0 radical (unpaired) electrons. The number of rotatable bonds is 8. The van der Waals surface area contributed by atoms with Gasteiger partial charge in [0.25, 0.3) is 5.91 Å². The molecular weight excluding hydrogens is 392 g/mol. The second-order valence-electron chi connectivity index (χ2n) is 8.37. The highest BCUT2D eigenvalue weighted by Gasteiger charge is 2.41. The van der Waals surface area contributed by atoms with Crippen LogP contribution in [0.3, 0.4) is 0 Å². The molecule has 6 nitrogen and oxygen atoms in total. The van der Waals surface area contributed by atoms with Crippen molar-refractivity contribution < 1.29 is 19.1 Å². The largest absolute Gasteiger partial charge is 0.497 e. The van der Waals surface area contributed by atoms with Crippen molar-refractivity contribution in [1.29, 1.82) is 0 Å². The van der Waals surface area contributed by atoms with Gasteiger partial charge in [-0.1, -0.05) is 38.1 Å². The van der Waals surface area contributed by atoms with Crippen LogP contribution < -0.4 is 14.8 Å². The lowest BCUT2D eigenvalue weighted by molar-refractivity contribution is -0.124. The molecule has 1 saturated heterocycles. The van der Waals surface area contributed by atoms with Gasteiger partial charge in [-0.3, -0.25) is 9.59 Å². The topological polar surface area (TPSA) is 67.9 Å². The Morgan fingerprint density at radius 3 is 2.45 bits per heavy atom. The van der Waals surface area contributed by atoms with Crippen molar-refractivity contribution in [3.63, 3.8) is 0 Å². The van der Waals surface area contributed by atoms with Gasteiger partial charge < -0.3 is 19.7 Å². The van der Waals surface area contributed by atoms with Gasteiger partial charge in [-0.05, 0) is 30.5 Å². The zero-order chi connectivity index (χ0) is 22.4. The number of nitrogens with one attached hydrogen (secondary N) is 1. The molecule has 1 fully saturated rings. The lowest BCUT2D eigenvalue weighted by Gasteiger charge is -2.21. The van der Waals surface area contributed by atoms with Crippen LogP contribution in [0, 0.1) is 11.8 Å². The van der Waals surface area contributed by atoms with Crippen molar-refractivity contribution in [2.45, 2.75) is 26.2 Å². The molecule has 0 unspecified atom stereocenters. The van der Waals surface area contributed by atoms with Gasteiger partial charge in [0.2, 0.25) is 5.91 Å². The first-order chi connectivity index (χ1) is 14.9. The van der Waals surface area contributed by atoms with Crippen molar-refractivity contribution in [3.8, 4) is 11.5 Å². The summed E-state index contributed by atoms with van der Waals surface area (Å²) < 4.78 is 10.9. The maximum atomic E-state index is 13.1. The summed E-state index contributed by atoms with van der Waals surface area (Å²) in [6.45, 7) is 5.73. The van der Waals surface area contributed by atoms with E-state index in [0.717, 1.165) is 12.0 Å². The Balaban J connectivity index is 1.88. The minimum Gasteiger partial charge on any atom is -0.497 e. The average Bonchev–Trinajstić information content (AvgIpc) is 3.23. The maximum absolute atomic E-state index is 13.1.